The molecule has 3 N–H and O–H groups in total. The van der Waals surface area contributed by atoms with Crippen LogP contribution in [-0.2, 0) is 5.54 Å². The molecule has 1 aliphatic rings. The maximum atomic E-state index is 12.4. The third kappa shape index (κ3) is 4.24. The lowest BCUT2D eigenvalue weighted by molar-refractivity contribution is 0.254. The van der Waals surface area contributed by atoms with Crippen LogP contribution in [0.1, 0.15) is 33.6 Å². The second-order valence-corrected chi connectivity index (χ2v) is 9.38. The Morgan fingerprint density at radius 3 is 2.59 bits per heavy atom. The van der Waals surface area contributed by atoms with Crippen molar-refractivity contribution < 1.29 is 4.79 Å². The van der Waals surface area contributed by atoms with Gasteiger partial charge in [0.15, 0.2) is 0 Å². The van der Waals surface area contributed by atoms with Crippen LogP contribution in [0.25, 0.3) is 33.4 Å². The number of nitrogens with zero attached hydrogens (tertiary/aromatic N) is 3. The molecule has 34 heavy (non-hydrogen) atoms. The lowest BCUT2D eigenvalue weighted by atomic mass is 9.98. The molecule has 0 fully saturated rings. The zero-order valence-electron chi connectivity index (χ0n) is 19.6. The Labute approximate surface area is 198 Å². The third-order valence-electron chi connectivity index (χ3n) is 5.82. The monoisotopic (exact) mass is 452 g/mol. The van der Waals surface area contributed by atoms with Gasteiger partial charge in [-0.3, -0.25) is 4.68 Å². The van der Waals surface area contributed by atoms with E-state index >= 15 is 0 Å². The highest BCUT2D eigenvalue weighted by molar-refractivity contribution is 5.97. The normalized spacial score (nSPS) is 13.7. The number of fused-ring (bicyclic) bond motifs is 1. The standard InChI is InChI=1S/C27H28N6O/c1-27(2,3)33-24(23(17-30-33)21-13-15-28-25-22(21)14-16-29-25)18-9-11-20(12-10-18)32-26(34)31-19-7-5-4-6-8-19/h5,7-17H,4,6H2,1-3H3,(H,28,29)(H2,31,32,34). The highest BCUT2D eigenvalue weighted by Crippen LogP contribution is 2.38. The molecular weight excluding hydrogens is 424 g/mol. The first kappa shape index (κ1) is 21.7. The summed E-state index contributed by atoms with van der Waals surface area (Å²) in [6.45, 7) is 6.42. The predicted molar refractivity (Wildman–Crippen MR) is 136 cm³/mol. The number of allylic oxidation sites excluding steroid dienone is 3. The molecule has 0 unspecified atom stereocenters. The number of amides is 2. The minimum absolute atomic E-state index is 0.212. The highest BCUT2D eigenvalue weighted by Gasteiger charge is 2.24. The van der Waals surface area contributed by atoms with Crippen molar-refractivity contribution in [3.05, 3.63) is 78.9 Å². The van der Waals surface area contributed by atoms with Crippen molar-refractivity contribution >= 4 is 22.8 Å². The molecule has 1 aliphatic carbocycles. The average Bonchev–Trinajstić information content (AvgIpc) is 3.47. The number of nitrogens with one attached hydrogen (secondary N) is 3. The zero-order chi connectivity index (χ0) is 23.7. The van der Waals surface area contributed by atoms with Gasteiger partial charge >= 0.3 is 6.03 Å². The smallest absolute Gasteiger partial charge is 0.323 e. The zero-order valence-corrected chi connectivity index (χ0v) is 19.6. The number of carbonyl (C=O) groups is 1. The van der Waals surface area contributed by atoms with E-state index in [2.05, 4.69) is 52.1 Å². The summed E-state index contributed by atoms with van der Waals surface area (Å²) >= 11 is 0. The first-order chi connectivity index (χ1) is 16.4. The van der Waals surface area contributed by atoms with Crippen LogP contribution in [0.2, 0.25) is 0 Å². The maximum absolute atomic E-state index is 12.4. The molecule has 0 bridgehead atoms. The van der Waals surface area contributed by atoms with E-state index in [4.69, 9.17) is 5.10 Å². The van der Waals surface area contributed by atoms with Crippen LogP contribution in [0, 0.1) is 0 Å². The Morgan fingerprint density at radius 2 is 1.85 bits per heavy atom. The Balaban J connectivity index is 1.48. The van der Waals surface area contributed by atoms with Gasteiger partial charge in [0.05, 0.1) is 17.4 Å². The fraction of sp³-hybridized carbons (Fsp3) is 0.222. The van der Waals surface area contributed by atoms with Crippen molar-refractivity contribution in [2.24, 2.45) is 0 Å². The summed E-state index contributed by atoms with van der Waals surface area (Å²) in [6.07, 6.45) is 13.6. The lowest BCUT2D eigenvalue weighted by Crippen LogP contribution is -2.27. The predicted octanol–water partition coefficient (Wildman–Crippen LogP) is 6.20. The summed E-state index contributed by atoms with van der Waals surface area (Å²) in [6, 6.07) is 11.7. The lowest BCUT2D eigenvalue weighted by Gasteiger charge is -2.23. The summed E-state index contributed by atoms with van der Waals surface area (Å²) in [5, 5.41) is 11.6. The van der Waals surface area contributed by atoms with Gasteiger partial charge < -0.3 is 15.6 Å². The first-order valence-electron chi connectivity index (χ1n) is 11.5. The van der Waals surface area contributed by atoms with Crippen molar-refractivity contribution in [2.45, 2.75) is 39.2 Å². The van der Waals surface area contributed by atoms with Gasteiger partial charge in [0.2, 0.25) is 0 Å². The number of H-pyrrole nitrogens is 1. The van der Waals surface area contributed by atoms with Crippen molar-refractivity contribution in [3.8, 4) is 22.4 Å². The molecule has 0 aliphatic heterocycles. The van der Waals surface area contributed by atoms with E-state index in [0.717, 1.165) is 57.6 Å². The Bertz CT molecular complexity index is 1400. The van der Waals surface area contributed by atoms with Gasteiger partial charge in [0, 0.05) is 40.3 Å². The van der Waals surface area contributed by atoms with Crippen molar-refractivity contribution in [3.63, 3.8) is 0 Å². The van der Waals surface area contributed by atoms with E-state index in [1.165, 1.54) is 0 Å². The fourth-order valence-electron chi connectivity index (χ4n) is 4.24. The fourth-order valence-corrected chi connectivity index (χ4v) is 4.24. The van der Waals surface area contributed by atoms with E-state index in [9.17, 15) is 4.79 Å². The molecule has 172 valence electrons. The van der Waals surface area contributed by atoms with Gasteiger partial charge in [-0.2, -0.15) is 5.10 Å². The number of pyridine rings is 1. The summed E-state index contributed by atoms with van der Waals surface area (Å²) in [5.41, 5.74) is 6.34. The highest BCUT2D eigenvalue weighted by atomic mass is 16.2. The van der Waals surface area contributed by atoms with E-state index in [1.54, 1.807) is 0 Å². The molecule has 0 saturated carbocycles. The number of anilines is 1. The first-order valence-corrected chi connectivity index (χ1v) is 11.5. The number of rotatable bonds is 4. The van der Waals surface area contributed by atoms with E-state index < -0.39 is 0 Å². The third-order valence-corrected chi connectivity index (χ3v) is 5.82. The van der Waals surface area contributed by atoms with Crippen LogP contribution in [-0.4, -0.2) is 25.8 Å². The second-order valence-electron chi connectivity index (χ2n) is 9.38. The van der Waals surface area contributed by atoms with Crippen LogP contribution in [0.15, 0.2) is 78.9 Å². The molecule has 3 aromatic heterocycles. The minimum Gasteiger partial charge on any atom is -0.346 e. The number of benzene rings is 1. The van der Waals surface area contributed by atoms with Crippen LogP contribution in [0.5, 0.6) is 0 Å². The van der Waals surface area contributed by atoms with E-state index in [0.29, 0.717) is 0 Å². The van der Waals surface area contributed by atoms with Gasteiger partial charge in [-0.15, -0.1) is 0 Å². The topological polar surface area (TPSA) is 87.6 Å². The van der Waals surface area contributed by atoms with Crippen LogP contribution >= 0.6 is 0 Å². The molecule has 7 nitrogen and oxygen atoms in total. The molecule has 2 amide bonds. The number of aromatic amines is 1. The van der Waals surface area contributed by atoms with Gasteiger partial charge in [0.25, 0.3) is 0 Å². The summed E-state index contributed by atoms with van der Waals surface area (Å²) in [5.74, 6) is 0. The number of urea groups is 1. The molecule has 0 atom stereocenters. The van der Waals surface area contributed by atoms with Crippen molar-refractivity contribution in [1.82, 2.24) is 25.1 Å². The van der Waals surface area contributed by atoms with Gasteiger partial charge in [-0.25, -0.2) is 9.78 Å². The Kier molecular flexibility index (Phi) is 5.53. The summed E-state index contributed by atoms with van der Waals surface area (Å²) < 4.78 is 2.05. The molecule has 5 rings (SSSR count). The number of carbonyl (C=O) groups excluding carboxylic acids is 1. The number of hydrogen-bond donors (Lipinski definition) is 3. The maximum Gasteiger partial charge on any atom is 0.323 e. The molecule has 7 heteroatoms. The van der Waals surface area contributed by atoms with Crippen LogP contribution in [0.3, 0.4) is 0 Å². The Morgan fingerprint density at radius 1 is 1.03 bits per heavy atom. The van der Waals surface area contributed by atoms with Crippen molar-refractivity contribution in [2.75, 3.05) is 5.32 Å². The van der Waals surface area contributed by atoms with Gasteiger partial charge in [-0.05, 0) is 69.5 Å². The molecule has 0 radical (unpaired) electrons. The SMILES string of the molecule is CC(C)(C)n1ncc(-c2ccnc3[nH]ccc23)c1-c1ccc(NC(=O)NC2=CCCC=C2)cc1. The molecule has 0 saturated heterocycles. The van der Waals surface area contributed by atoms with Gasteiger partial charge in [-0.1, -0.05) is 24.3 Å². The largest absolute Gasteiger partial charge is 0.346 e. The van der Waals surface area contributed by atoms with E-state index in [1.807, 2.05) is 67.1 Å². The average molecular weight is 453 g/mol. The number of aromatic nitrogens is 4. The van der Waals surface area contributed by atoms with E-state index in [-0.39, 0.29) is 11.6 Å². The van der Waals surface area contributed by atoms with Crippen LogP contribution < -0.4 is 10.6 Å². The van der Waals surface area contributed by atoms with Crippen LogP contribution in [0.4, 0.5) is 10.5 Å². The second kappa shape index (κ2) is 8.67. The quantitative estimate of drug-likeness (QED) is 0.344. The minimum atomic E-state index is -0.252. The molecule has 3 heterocycles. The van der Waals surface area contributed by atoms with Gasteiger partial charge in [0.1, 0.15) is 5.65 Å². The summed E-state index contributed by atoms with van der Waals surface area (Å²) in [4.78, 5) is 20.0. The Hall–Kier alpha value is -4.13. The molecule has 0 spiro atoms. The summed E-state index contributed by atoms with van der Waals surface area (Å²) in [7, 11) is 0. The van der Waals surface area contributed by atoms with Crippen molar-refractivity contribution in [1.29, 1.82) is 0 Å². The number of hydrogen-bond acceptors (Lipinski definition) is 3. The molecule has 4 aromatic rings. The molecule has 1 aromatic carbocycles. The molecular formula is C27H28N6O.